The van der Waals surface area contributed by atoms with Gasteiger partial charge in [-0.1, -0.05) is 18.2 Å². The van der Waals surface area contributed by atoms with Crippen LogP contribution < -0.4 is 10.1 Å². The van der Waals surface area contributed by atoms with Gasteiger partial charge in [-0.15, -0.1) is 0 Å². The average Bonchev–Trinajstić information content (AvgIpc) is 2.46. The van der Waals surface area contributed by atoms with Gasteiger partial charge >= 0.3 is 0 Å². The average molecular weight is 283 g/mol. The number of ether oxygens (including phenoxy) is 1. The van der Waals surface area contributed by atoms with E-state index in [0.717, 1.165) is 29.8 Å². The number of phenols is 1. The zero-order chi connectivity index (χ0) is 14.8. The van der Waals surface area contributed by atoms with Gasteiger partial charge in [-0.3, -0.25) is 0 Å². The van der Waals surface area contributed by atoms with Crippen LogP contribution in [0.1, 0.15) is 29.9 Å². The maximum atomic E-state index is 9.73. The molecule has 1 fully saturated rings. The molecular weight excluding hydrogens is 262 g/mol. The van der Waals surface area contributed by atoms with E-state index in [9.17, 15) is 5.11 Å². The topological polar surface area (TPSA) is 41.5 Å². The summed E-state index contributed by atoms with van der Waals surface area (Å²) in [6.45, 7) is 1.90. The first-order valence-corrected chi connectivity index (χ1v) is 7.36. The van der Waals surface area contributed by atoms with Gasteiger partial charge in [0.1, 0.15) is 11.5 Å². The fraction of sp³-hybridized carbons (Fsp3) is 0.333. The lowest BCUT2D eigenvalue weighted by Gasteiger charge is -2.37. The molecule has 2 aromatic carbocycles. The highest BCUT2D eigenvalue weighted by molar-refractivity contribution is 5.52. The normalized spacial score (nSPS) is 20.7. The van der Waals surface area contributed by atoms with Crippen molar-refractivity contribution in [3.05, 3.63) is 53.6 Å². The van der Waals surface area contributed by atoms with E-state index in [1.54, 1.807) is 13.2 Å². The molecule has 0 heterocycles. The van der Waals surface area contributed by atoms with Crippen LogP contribution in [0.15, 0.2) is 42.5 Å². The number of nitrogens with one attached hydrogen (secondary N) is 1. The predicted molar refractivity (Wildman–Crippen MR) is 85.2 cm³/mol. The monoisotopic (exact) mass is 283 g/mol. The molecule has 0 spiro atoms. The minimum atomic E-state index is 0.353. The second-order valence-electron chi connectivity index (χ2n) is 5.78. The van der Waals surface area contributed by atoms with Crippen molar-refractivity contribution in [3.63, 3.8) is 0 Å². The van der Waals surface area contributed by atoms with Crippen molar-refractivity contribution in [2.75, 3.05) is 12.4 Å². The molecule has 21 heavy (non-hydrogen) atoms. The van der Waals surface area contributed by atoms with Gasteiger partial charge in [0.15, 0.2) is 0 Å². The van der Waals surface area contributed by atoms with E-state index in [4.69, 9.17) is 4.74 Å². The van der Waals surface area contributed by atoms with Crippen LogP contribution in [0.3, 0.4) is 0 Å². The number of anilines is 1. The lowest BCUT2D eigenvalue weighted by molar-refractivity contribution is 0.373. The van der Waals surface area contributed by atoms with E-state index in [1.165, 1.54) is 5.56 Å². The molecule has 0 aliphatic heterocycles. The predicted octanol–water partition coefficient (Wildman–Crippen LogP) is 4.07. The molecule has 3 heteroatoms. The first-order chi connectivity index (χ1) is 10.2. The Hall–Kier alpha value is -2.16. The highest BCUT2D eigenvalue weighted by Gasteiger charge is 2.30. The number of hydrogen-bond acceptors (Lipinski definition) is 3. The number of methoxy groups -OCH3 is 1. The second kappa shape index (κ2) is 5.68. The third-order valence-electron chi connectivity index (χ3n) is 4.31. The van der Waals surface area contributed by atoms with Crippen molar-refractivity contribution >= 4 is 5.69 Å². The summed E-state index contributed by atoms with van der Waals surface area (Å²) in [5, 5.41) is 13.2. The quantitative estimate of drug-likeness (QED) is 0.889. The summed E-state index contributed by atoms with van der Waals surface area (Å²) in [6, 6.07) is 14.6. The van der Waals surface area contributed by atoms with Crippen molar-refractivity contribution in [1.29, 1.82) is 0 Å². The lowest BCUT2D eigenvalue weighted by Crippen LogP contribution is -2.33. The first kappa shape index (κ1) is 13.8. The summed E-state index contributed by atoms with van der Waals surface area (Å²) in [4.78, 5) is 0. The molecule has 0 aromatic heterocycles. The van der Waals surface area contributed by atoms with Gasteiger partial charge in [0.25, 0.3) is 0 Å². The molecule has 0 bridgehead atoms. The summed E-state index contributed by atoms with van der Waals surface area (Å²) in [5.74, 6) is 1.88. The number of rotatable bonds is 4. The zero-order valence-electron chi connectivity index (χ0n) is 12.5. The van der Waals surface area contributed by atoms with Gasteiger partial charge in [-0.25, -0.2) is 0 Å². The van der Waals surface area contributed by atoms with Crippen LogP contribution in [0.25, 0.3) is 0 Å². The molecule has 1 aliphatic rings. The first-order valence-electron chi connectivity index (χ1n) is 7.36. The van der Waals surface area contributed by atoms with E-state index >= 15 is 0 Å². The lowest BCUT2D eigenvalue weighted by atomic mass is 9.76. The van der Waals surface area contributed by atoms with E-state index in [-0.39, 0.29) is 0 Å². The van der Waals surface area contributed by atoms with E-state index in [0.29, 0.717) is 17.7 Å². The number of benzene rings is 2. The van der Waals surface area contributed by atoms with Crippen molar-refractivity contribution in [2.24, 2.45) is 0 Å². The summed E-state index contributed by atoms with van der Waals surface area (Å²) >= 11 is 0. The van der Waals surface area contributed by atoms with Gasteiger partial charge in [-0.05, 0) is 55.0 Å². The Balaban J connectivity index is 1.56. The molecule has 3 rings (SSSR count). The zero-order valence-corrected chi connectivity index (χ0v) is 12.5. The van der Waals surface area contributed by atoms with Crippen molar-refractivity contribution in [1.82, 2.24) is 0 Å². The van der Waals surface area contributed by atoms with Gasteiger partial charge in [0.2, 0.25) is 0 Å². The standard InChI is InChI=1S/C18H21NO2/c1-12-3-6-15(11-18(12)20)19-16-9-14(10-16)13-4-7-17(21-2)8-5-13/h3-8,11,14,16,19-20H,9-10H2,1-2H3. The van der Waals surface area contributed by atoms with Gasteiger partial charge in [-0.2, -0.15) is 0 Å². The van der Waals surface area contributed by atoms with Crippen LogP contribution in [0.2, 0.25) is 0 Å². The Morgan fingerprint density at radius 3 is 2.43 bits per heavy atom. The summed E-state index contributed by atoms with van der Waals surface area (Å²) in [7, 11) is 1.69. The highest BCUT2D eigenvalue weighted by atomic mass is 16.5. The van der Waals surface area contributed by atoms with E-state index in [2.05, 4.69) is 17.4 Å². The molecule has 0 amide bonds. The minimum Gasteiger partial charge on any atom is -0.508 e. The van der Waals surface area contributed by atoms with Crippen LogP contribution in [-0.2, 0) is 0 Å². The molecule has 110 valence electrons. The van der Waals surface area contributed by atoms with Crippen molar-refractivity contribution < 1.29 is 9.84 Å². The molecule has 2 aromatic rings. The van der Waals surface area contributed by atoms with Gasteiger partial charge in [0, 0.05) is 17.8 Å². The maximum absolute atomic E-state index is 9.73. The third kappa shape index (κ3) is 2.97. The molecule has 3 nitrogen and oxygen atoms in total. The van der Waals surface area contributed by atoms with Crippen LogP contribution in [0, 0.1) is 6.92 Å². The maximum Gasteiger partial charge on any atom is 0.120 e. The summed E-state index contributed by atoms with van der Waals surface area (Å²) in [5.41, 5.74) is 3.28. The Morgan fingerprint density at radius 1 is 1.10 bits per heavy atom. The van der Waals surface area contributed by atoms with Gasteiger partial charge < -0.3 is 15.2 Å². The van der Waals surface area contributed by atoms with Crippen molar-refractivity contribution in [2.45, 2.75) is 31.7 Å². The molecule has 1 aliphatic carbocycles. The molecule has 0 saturated heterocycles. The largest absolute Gasteiger partial charge is 0.508 e. The van der Waals surface area contributed by atoms with E-state index in [1.807, 2.05) is 31.2 Å². The van der Waals surface area contributed by atoms with Gasteiger partial charge in [0.05, 0.1) is 7.11 Å². The Kier molecular flexibility index (Phi) is 3.74. The molecule has 1 saturated carbocycles. The Morgan fingerprint density at radius 2 is 1.81 bits per heavy atom. The van der Waals surface area contributed by atoms with Crippen LogP contribution in [0.4, 0.5) is 5.69 Å². The molecule has 0 atom stereocenters. The summed E-state index contributed by atoms with van der Waals surface area (Å²) < 4.78 is 5.19. The molecule has 2 N–H and O–H groups in total. The smallest absolute Gasteiger partial charge is 0.120 e. The van der Waals surface area contributed by atoms with E-state index < -0.39 is 0 Å². The second-order valence-corrected chi connectivity index (χ2v) is 5.78. The van der Waals surface area contributed by atoms with Crippen molar-refractivity contribution in [3.8, 4) is 11.5 Å². The molecule has 0 radical (unpaired) electrons. The van der Waals surface area contributed by atoms with Crippen LogP contribution in [0.5, 0.6) is 11.5 Å². The third-order valence-corrected chi connectivity index (χ3v) is 4.31. The Labute approximate surface area is 125 Å². The Bertz CT molecular complexity index is 616. The SMILES string of the molecule is COc1ccc(C2CC(Nc3ccc(C)c(O)c3)C2)cc1. The number of hydrogen-bond donors (Lipinski definition) is 2. The number of aryl methyl sites for hydroxylation is 1. The molecule has 0 unspecified atom stereocenters. The fourth-order valence-electron chi connectivity index (χ4n) is 2.82. The highest BCUT2D eigenvalue weighted by Crippen LogP contribution is 2.39. The number of aromatic hydroxyl groups is 1. The van der Waals surface area contributed by atoms with Crippen LogP contribution >= 0.6 is 0 Å². The minimum absolute atomic E-state index is 0.353. The summed E-state index contributed by atoms with van der Waals surface area (Å²) in [6.07, 6.45) is 2.25. The number of phenolic OH excluding ortho intramolecular Hbond substituents is 1. The molecular formula is C18H21NO2. The fourth-order valence-corrected chi connectivity index (χ4v) is 2.82. The van der Waals surface area contributed by atoms with Crippen LogP contribution in [-0.4, -0.2) is 18.3 Å².